The van der Waals surface area contributed by atoms with Crippen molar-refractivity contribution in [2.45, 2.75) is 52.8 Å². The van der Waals surface area contributed by atoms with Crippen molar-refractivity contribution in [3.63, 3.8) is 0 Å². The molecule has 2 aromatic rings. The van der Waals surface area contributed by atoms with Crippen LogP contribution in [0, 0.1) is 13.8 Å². The molecule has 5 nitrogen and oxygen atoms in total. The lowest BCUT2D eigenvalue weighted by Crippen LogP contribution is -3.00. The number of Topliss-reactive ketones (excluding diaryl/α,β-unsaturated/α-hetero) is 1. The van der Waals surface area contributed by atoms with E-state index in [0.29, 0.717) is 19.5 Å². The second-order valence-corrected chi connectivity index (χ2v) is 7.07. The van der Waals surface area contributed by atoms with Crippen LogP contribution in [0.15, 0.2) is 42.5 Å². The van der Waals surface area contributed by atoms with Gasteiger partial charge in [-0.1, -0.05) is 42.5 Å². The first-order chi connectivity index (χ1) is 12.3. The summed E-state index contributed by atoms with van der Waals surface area (Å²) in [4.78, 5) is 12.6. The van der Waals surface area contributed by atoms with Crippen LogP contribution < -0.4 is 17.7 Å². The van der Waals surface area contributed by atoms with Gasteiger partial charge in [-0.15, -0.1) is 0 Å². The van der Waals surface area contributed by atoms with Crippen molar-refractivity contribution in [1.82, 2.24) is 9.78 Å². The lowest BCUT2D eigenvalue weighted by Gasteiger charge is -2.17. The van der Waals surface area contributed by atoms with Gasteiger partial charge in [0.15, 0.2) is 5.78 Å². The highest BCUT2D eigenvalue weighted by Gasteiger charge is 2.21. The SMILES string of the molecule is C=C(C)Cn1nc(C)c(C(=O)CC[NH2+]C(C)C(O)c2ccccc2)c1C.[Cl-]. The number of ketones is 1. The third kappa shape index (κ3) is 6.03. The molecule has 2 rings (SSSR count). The number of allylic oxidation sites excluding steroid dienone is 1. The normalized spacial score (nSPS) is 12.9. The number of aromatic nitrogens is 2. The van der Waals surface area contributed by atoms with Crippen LogP contribution in [0.4, 0.5) is 0 Å². The van der Waals surface area contributed by atoms with Gasteiger partial charge in [0.05, 0.1) is 30.8 Å². The van der Waals surface area contributed by atoms with Gasteiger partial charge in [0.2, 0.25) is 0 Å². The molecule has 0 saturated heterocycles. The van der Waals surface area contributed by atoms with E-state index in [0.717, 1.165) is 28.1 Å². The Labute approximate surface area is 167 Å². The van der Waals surface area contributed by atoms with Crippen molar-refractivity contribution in [2.24, 2.45) is 0 Å². The Morgan fingerprint density at radius 3 is 2.52 bits per heavy atom. The second-order valence-electron chi connectivity index (χ2n) is 7.07. The Hall–Kier alpha value is -1.95. The fourth-order valence-electron chi connectivity index (χ4n) is 3.20. The third-order valence-corrected chi connectivity index (χ3v) is 4.63. The molecule has 1 aromatic carbocycles. The molecule has 0 spiro atoms. The molecule has 0 radical (unpaired) electrons. The fourth-order valence-corrected chi connectivity index (χ4v) is 3.20. The van der Waals surface area contributed by atoms with Crippen molar-refractivity contribution in [3.05, 3.63) is 65.0 Å². The molecule has 2 atom stereocenters. The zero-order valence-corrected chi connectivity index (χ0v) is 17.3. The molecular formula is C21H30ClN3O2. The minimum Gasteiger partial charge on any atom is -1.00 e. The monoisotopic (exact) mass is 391 g/mol. The average Bonchev–Trinajstić information content (AvgIpc) is 2.87. The van der Waals surface area contributed by atoms with Crippen molar-refractivity contribution in [2.75, 3.05) is 6.54 Å². The molecule has 6 heteroatoms. The van der Waals surface area contributed by atoms with E-state index in [4.69, 9.17) is 0 Å². The molecule has 0 bridgehead atoms. The summed E-state index contributed by atoms with van der Waals surface area (Å²) in [6.07, 6.45) is -0.125. The maximum Gasteiger partial charge on any atom is 0.172 e. The van der Waals surface area contributed by atoms with E-state index in [9.17, 15) is 9.90 Å². The van der Waals surface area contributed by atoms with Crippen molar-refractivity contribution >= 4 is 5.78 Å². The van der Waals surface area contributed by atoms with Crippen LogP contribution in [0.2, 0.25) is 0 Å². The van der Waals surface area contributed by atoms with Gasteiger partial charge in [-0.05, 0) is 33.3 Å². The molecule has 27 heavy (non-hydrogen) atoms. The van der Waals surface area contributed by atoms with Gasteiger partial charge < -0.3 is 22.8 Å². The molecule has 0 aliphatic carbocycles. The van der Waals surface area contributed by atoms with E-state index in [-0.39, 0.29) is 24.2 Å². The smallest absolute Gasteiger partial charge is 0.172 e. The Morgan fingerprint density at radius 1 is 1.30 bits per heavy atom. The highest BCUT2D eigenvalue weighted by molar-refractivity contribution is 5.98. The summed E-state index contributed by atoms with van der Waals surface area (Å²) in [7, 11) is 0. The summed E-state index contributed by atoms with van der Waals surface area (Å²) >= 11 is 0. The van der Waals surface area contributed by atoms with Crippen molar-refractivity contribution in [1.29, 1.82) is 0 Å². The molecular weight excluding hydrogens is 362 g/mol. The van der Waals surface area contributed by atoms with Crippen LogP contribution in [-0.2, 0) is 6.54 Å². The minimum absolute atomic E-state index is 0. The Balaban J connectivity index is 0.00000364. The summed E-state index contributed by atoms with van der Waals surface area (Å²) in [5, 5.41) is 16.9. The first-order valence-electron chi connectivity index (χ1n) is 9.09. The number of rotatable bonds is 9. The third-order valence-electron chi connectivity index (χ3n) is 4.63. The average molecular weight is 392 g/mol. The molecule has 0 aliphatic rings. The van der Waals surface area contributed by atoms with E-state index in [1.165, 1.54) is 0 Å². The summed E-state index contributed by atoms with van der Waals surface area (Å²) in [5.41, 5.74) is 4.29. The zero-order chi connectivity index (χ0) is 19.3. The molecule has 1 aromatic heterocycles. The zero-order valence-electron chi connectivity index (χ0n) is 16.6. The molecule has 3 N–H and O–H groups in total. The number of hydrogen-bond donors (Lipinski definition) is 2. The molecule has 0 fully saturated rings. The van der Waals surface area contributed by atoms with Gasteiger partial charge in [0.25, 0.3) is 0 Å². The van der Waals surface area contributed by atoms with Gasteiger partial charge in [0.1, 0.15) is 12.1 Å². The van der Waals surface area contributed by atoms with Crippen LogP contribution in [0.3, 0.4) is 0 Å². The number of hydrogen-bond acceptors (Lipinski definition) is 3. The summed E-state index contributed by atoms with van der Waals surface area (Å²) in [6.45, 7) is 12.9. The fraction of sp³-hybridized carbons (Fsp3) is 0.429. The Morgan fingerprint density at radius 2 is 1.93 bits per heavy atom. The first kappa shape index (κ1) is 23.1. The van der Waals surface area contributed by atoms with E-state index in [1.54, 1.807) is 0 Å². The van der Waals surface area contributed by atoms with Crippen LogP contribution >= 0.6 is 0 Å². The van der Waals surface area contributed by atoms with Crippen LogP contribution in [0.25, 0.3) is 0 Å². The number of nitrogens with two attached hydrogens (primary N) is 1. The van der Waals surface area contributed by atoms with Crippen LogP contribution in [-0.4, -0.2) is 33.3 Å². The number of aliphatic hydroxyl groups is 1. The predicted molar refractivity (Wildman–Crippen MR) is 103 cm³/mol. The van der Waals surface area contributed by atoms with Crippen LogP contribution in [0.5, 0.6) is 0 Å². The number of halogens is 1. The van der Waals surface area contributed by atoms with Gasteiger partial charge in [-0.2, -0.15) is 5.10 Å². The molecule has 1 heterocycles. The standard InChI is InChI=1S/C21H29N3O2.ClH/c1-14(2)13-24-17(5)20(15(3)23-24)19(25)11-12-22-16(4)21(26)18-9-7-6-8-10-18;/h6-10,16,21-22,26H,1,11-13H2,2-5H3;1H. The van der Waals surface area contributed by atoms with E-state index >= 15 is 0 Å². The molecule has 0 amide bonds. The summed E-state index contributed by atoms with van der Waals surface area (Å²) < 4.78 is 1.84. The second kappa shape index (κ2) is 10.4. The predicted octanol–water partition coefficient (Wildman–Crippen LogP) is -0.662. The maximum atomic E-state index is 12.6. The number of aryl methyl sites for hydroxylation is 1. The summed E-state index contributed by atoms with van der Waals surface area (Å²) in [6, 6.07) is 9.60. The maximum absolute atomic E-state index is 12.6. The van der Waals surface area contributed by atoms with E-state index < -0.39 is 6.10 Å². The molecule has 148 valence electrons. The van der Waals surface area contributed by atoms with E-state index in [2.05, 4.69) is 11.7 Å². The number of quaternary nitrogens is 1. The Bertz CT molecular complexity index is 771. The molecule has 2 unspecified atom stereocenters. The highest BCUT2D eigenvalue weighted by atomic mass is 35.5. The van der Waals surface area contributed by atoms with E-state index in [1.807, 2.05) is 68.0 Å². The minimum atomic E-state index is -0.548. The molecule has 0 saturated carbocycles. The van der Waals surface area contributed by atoms with Gasteiger partial charge in [-0.3, -0.25) is 9.48 Å². The number of aliphatic hydroxyl groups excluding tert-OH is 1. The highest BCUT2D eigenvalue weighted by Crippen LogP contribution is 2.16. The first-order valence-corrected chi connectivity index (χ1v) is 9.09. The lowest BCUT2D eigenvalue weighted by atomic mass is 10.0. The lowest BCUT2D eigenvalue weighted by molar-refractivity contribution is -0.693. The van der Waals surface area contributed by atoms with Crippen molar-refractivity contribution < 1.29 is 27.6 Å². The number of benzene rings is 1. The number of nitrogens with zero attached hydrogens (tertiary/aromatic N) is 2. The molecule has 0 aliphatic heterocycles. The quantitative estimate of drug-likeness (QED) is 0.440. The number of carbonyl (C=O) groups excluding carboxylic acids is 1. The summed E-state index contributed by atoms with van der Waals surface area (Å²) in [5.74, 6) is 0.102. The largest absolute Gasteiger partial charge is 1.00 e. The topological polar surface area (TPSA) is 71.7 Å². The van der Waals surface area contributed by atoms with Crippen LogP contribution in [0.1, 0.15) is 53.7 Å². The van der Waals surface area contributed by atoms with Gasteiger partial charge >= 0.3 is 0 Å². The number of carbonyl (C=O) groups is 1. The van der Waals surface area contributed by atoms with Gasteiger partial charge in [0, 0.05) is 5.69 Å². The Kier molecular flexibility index (Phi) is 8.89. The van der Waals surface area contributed by atoms with Gasteiger partial charge in [-0.25, -0.2) is 0 Å². The van der Waals surface area contributed by atoms with Crippen molar-refractivity contribution in [3.8, 4) is 0 Å².